The first kappa shape index (κ1) is 14.0. The fourth-order valence-electron chi connectivity index (χ4n) is 2.00. The van der Waals surface area contributed by atoms with Crippen LogP contribution < -0.4 is 4.90 Å². The van der Waals surface area contributed by atoms with E-state index in [4.69, 9.17) is 12.2 Å². The van der Waals surface area contributed by atoms with Crippen molar-refractivity contribution >= 4 is 46.0 Å². The van der Waals surface area contributed by atoms with Gasteiger partial charge in [0.25, 0.3) is 5.91 Å². The van der Waals surface area contributed by atoms with Crippen molar-refractivity contribution in [2.24, 2.45) is 0 Å². The van der Waals surface area contributed by atoms with Crippen LogP contribution in [0.3, 0.4) is 0 Å². The van der Waals surface area contributed by atoms with E-state index in [-0.39, 0.29) is 5.91 Å². The second-order valence-electron chi connectivity index (χ2n) is 4.63. The van der Waals surface area contributed by atoms with E-state index in [0.717, 1.165) is 16.8 Å². The summed E-state index contributed by atoms with van der Waals surface area (Å²) in [7, 11) is 0. The highest BCUT2D eigenvalue weighted by atomic mass is 32.2. The number of aromatic nitrogens is 1. The van der Waals surface area contributed by atoms with E-state index < -0.39 is 0 Å². The molecule has 1 aromatic carbocycles. The Kier molecular flexibility index (Phi) is 3.86. The third-order valence-electron chi connectivity index (χ3n) is 3.09. The van der Waals surface area contributed by atoms with E-state index in [1.165, 1.54) is 11.8 Å². The molecule has 0 bridgehead atoms. The minimum absolute atomic E-state index is 0.0781. The zero-order chi connectivity index (χ0) is 14.8. The fraction of sp³-hybridized carbons (Fsp3) is 0.0625. The Morgan fingerprint density at radius 1 is 1.14 bits per heavy atom. The van der Waals surface area contributed by atoms with Crippen molar-refractivity contribution in [3.8, 4) is 0 Å². The molecule has 21 heavy (non-hydrogen) atoms. The topological polar surface area (TPSA) is 33.2 Å². The molecular weight excluding hydrogens is 300 g/mol. The molecule has 1 fully saturated rings. The monoisotopic (exact) mass is 312 g/mol. The number of benzene rings is 1. The van der Waals surface area contributed by atoms with Gasteiger partial charge in [-0.3, -0.25) is 14.7 Å². The third kappa shape index (κ3) is 2.89. The summed E-state index contributed by atoms with van der Waals surface area (Å²) in [5, 5.41) is 0. The van der Waals surface area contributed by atoms with Gasteiger partial charge in [0.2, 0.25) is 0 Å². The molecule has 0 aliphatic carbocycles. The van der Waals surface area contributed by atoms with Gasteiger partial charge in [0.15, 0.2) is 4.32 Å². The zero-order valence-electron chi connectivity index (χ0n) is 11.3. The van der Waals surface area contributed by atoms with Gasteiger partial charge in [0, 0.05) is 12.4 Å². The van der Waals surface area contributed by atoms with Crippen molar-refractivity contribution in [2.45, 2.75) is 6.92 Å². The predicted molar refractivity (Wildman–Crippen MR) is 91.1 cm³/mol. The van der Waals surface area contributed by atoms with E-state index in [1.807, 2.05) is 49.4 Å². The van der Waals surface area contributed by atoms with Crippen molar-refractivity contribution in [3.63, 3.8) is 0 Å². The molecule has 1 aromatic heterocycles. The van der Waals surface area contributed by atoms with Gasteiger partial charge in [-0.1, -0.05) is 41.7 Å². The van der Waals surface area contributed by atoms with Crippen molar-refractivity contribution in [1.82, 2.24) is 4.98 Å². The number of carbonyl (C=O) groups excluding carboxylic acids is 1. The largest absolute Gasteiger partial charge is 0.270 e. The first-order valence-corrected chi connectivity index (χ1v) is 7.62. The average molecular weight is 312 g/mol. The third-order valence-corrected chi connectivity index (χ3v) is 4.39. The number of carbonyl (C=O) groups is 1. The standard InChI is InChI=1S/C16H12N2OS2/c1-11-2-4-13(5-3-11)18-15(19)14(21-16(18)20)10-12-6-8-17-9-7-12/h2-10H,1H3/b14-10-. The van der Waals surface area contributed by atoms with Gasteiger partial charge in [0.05, 0.1) is 10.6 Å². The molecule has 0 unspecified atom stereocenters. The van der Waals surface area contributed by atoms with Gasteiger partial charge in [0.1, 0.15) is 0 Å². The molecule has 0 atom stereocenters. The normalized spacial score (nSPS) is 16.8. The van der Waals surface area contributed by atoms with Crippen LogP contribution in [0.4, 0.5) is 5.69 Å². The second-order valence-corrected chi connectivity index (χ2v) is 6.31. The Hall–Kier alpha value is -1.98. The number of thioether (sulfide) groups is 1. The average Bonchev–Trinajstić information content (AvgIpc) is 2.76. The smallest absolute Gasteiger partial charge is 0.268 e. The van der Waals surface area contributed by atoms with Gasteiger partial charge >= 0.3 is 0 Å². The summed E-state index contributed by atoms with van der Waals surface area (Å²) in [6.07, 6.45) is 5.24. The highest BCUT2D eigenvalue weighted by molar-refractivity contribution is 8.27. The van der Waals surface area contributed by atoms with E-state index >= 15 is 0 Å². The van der Waals surface area contributed by atoms with Gasteiger partial charge in [-0.2, -0.15) is 0 Å². The van der Waals surface area contributed by atoms with E-state index in [2.05, 4.69) is 4.98 Å². The lowest BCUT2D eigenvalue weighted by atomic mass is 10.2. The van der Waals surface area contributed by atoms with Crippen molar-refractivity contribution < 1.29 is 4.79 Å². The molecule has 2 aromatic rings. The number of rotatable bonds is 2. The second kappa shape index (κ2) is 5.79. The maximum atomic E-state index is 12.5. The Morgan fingerprint density at radius 3 is 2.48 bits per heavy atom. The van der Waals surface area contributed by atoms with Gasteiger partial charge < -0.3 is 0 Å². The molecule has 1 amide bonds. The molecule has 0 spiro atoms. The molecule has 5 heteroatoms. The van der Waals surface area contributed by atoms with Crippen molar-refractivity contribution in [3.05, 3.63) is 64.8 Å². The van der Waals surface area contributed by atoms with Crippen LogP contribution in [-0.4, -0.2) is 15.2 Å². The van der Waals surface area contributed by atoms with Crippen LogP contribution in [0.2, 0.25) is 0 Å². The van der Waals surface area contributed by atoms with E-state index in [0.29, 0.717) is 9.23 Å². The number of aryl methyl sites for hydroxylation is 1. The van der Waals surface area contributed by atoms with E-state index in [1.54, 1.807) is 17.3 Å². The van der Waals surface area contributed by atoms with Crippen LogP contribution >= 0.6 is 24.0 Å². The number of amides is 1. The molecule has 104 valence electrons. The number of thiocarbonyl (C=S) groups is 1. The number of hydrogen-bond acceptors (Lipinski definition) is 4. The van der Waals surface area contributed by atoms with Crippen LogP contribution in [0.25, 0.3) is 6.08 Å². The molecule has 0 N–H and O–H groups in total. The van der Waals surface area contributed by atoms with Gasteiger partial charge in [-0.05, 0) is 42.8 Å². The lowest BCUT2D eigenvalue weighted by Gasteiger charge is -2.14. The van der Waals surface area contributed by atoms with Crippen molar-refractivity contribution in [2.75, 3.05) is 4.90 Å². The van der Waals surface area contributed by atoms with Crippen LogP contribution in [0.15, 0.2) is 53.7 Å². The van der Waals surface area contributed by atoms with Crippen LogP contribution in [0, 0.1) is 6.92 Å². The predicted octanol–water partition coefficient (Wildman–Crippen LogP) is 3.80. The minimum atomic E-state index is -0.0781. The quantitative estimate of drug-likeness (QED) is 0.624. The minimum Gasteiger partial charge on any atom is -0.268 e. The lowest BCUT2D eigenvalue weighted by Crippen LogP contribution is -2.27. The number of anilines is 1. The summed E-state index contributed by atoms with van der Waals surface area (Å²) in [6, 6.07) is 11.5. The summed E-state index contributed by atoms with van der Waals surface area (Å²) in [5.41, 5.74) is 2.90. The SMILES string of the molecule is Cc1ccc(N2C(=O)/C(=C/c3ccncc3)SC2=S)cc1. The molecule has 3 nitrogen and oxygen atoms in total. The summed E-state index contributed by atoms with van der Waals surface area (Å²) in [5.74, 6) is -0.0781. The Morgan fingerprint density at radius 2 is 1.81 bits per heavy atom. The molecule has 0 radical (unpaired) electrons. The number of nitrogens with zero attached hydrogens (tertiary/aromatic N) is 2. The summed E-state index contributed by atoms with van der Waals surface area (Å²) in [6.45, 7) is 2.01. The summed E-state index contributed by atoms with van der Waals surface area (Å²) < 4.78 is 0.559. The lowest BCUT2D eigenvalue weighted by molar-refractivity contribution is -0.113. The molecule has 2 heterocycles. The van der Waals surface area contributed by atoms with Crippen LogP contribution in [0.5, 0.6) is 0 Å². The summed E-state index contributed by atoms with van der Waals surface area (Å²) >= 11 is 6.66. The van der Waals surface area contributed by atoms with Gasteiger partial charge in [-0.25, -0.2) is 0 Å². The zero-order valence-corrected chi connectivity index (χ0v) is 12.9. The van der Waals surface area contributed by atoms with Crippen LogP contribution in [-0.2, 0) is 4.79 Å². The summed E-state index contributed by atoms with van der Waals surface area (Å²) in [4.78, 5) is 18.7. The molecule has 1 saturated heterocycles. The first-order valence-electron chi connectivity index (χ1n) is 6.40. The molecule has 3 rings (SSSR count). The highest BCUT2D eigenvalue weighted by Crippen LogP contribution is 2.35. The molecule has 1 aliphatic heterocycles. The number of pyridine rings is 1. The Bertz CT molecular complexity index is 724. The molecular formula is C16H12N2OS2. The maximum Gasteiger partial charge on any atom is 0.270 e. The Balaban J connectivity index is 1.92. The maximum absolute atomic E-state index is 12.5. The molecule has 1 aliphatic rings. The number of hydrogen-bond donors (Lipinski definition) is 0. The Labute approximate surface area is 132 Å². The van der Waals surface area contributed by atoms with Crippen LogP contribution in [0.1, 0.15) is 11.1 Å². The van der Waals surface area contributed by atoms with E-state index in [9.17, 15) is 4.79 Å². The molecule has 0 saturated carbocycles. The van der Waals surface area contributed by atoms with Crippen molar-refractivity contribution in [1.29, 1.82) is 0 Å². The highest BCUT2D eigenvalue weighted by Gasteiger charge is 2.33. The van der Waals surface area contributed by atoms with Gasteiger partial charge in [-0.15, -0.1) is 0 Å². The first-order chi connectivity index (χ1) is 10.1. The fourth-order valence-corrected chi connectivity index (χ4v) is 3.29.